The maximum atomic E-state index is 6.12. The molecule has 3 heterocycles. The molecule has 4 nitrogen and oxygen atoms in total. The van der Waals surface area contributed by atoms with Crippen LogP contribution >= 0.6 is 0 Å². The van der Waals surface area contributed by atoms with Crippen molar-refractivity contribution in [3.8, 4) is 0 Å². The van der Waals surface area contributed by atoms with Crippen molar-refractivity contribution in [2.45, 2.75) is 38.5 Å². The van der Waals surface area contributed by atoms with E-state index in [2.05, 4.69) is 47.7 Å². The lowest BCUT2D eigenvalue weighted by Crippen LogP contribution is -2.36. The van der Waals surface area contributed by atoms with Crippen molar-refractivity contribution in [2.24, 2.45) is 5.92 Å². The lowest BCUT2D eigenvalue weighted by molar-refractivity contribution is -0.0382. The van der Waals surface area contributed by atoms with Gasteiger partial charge in [-0.2, -0.15) is 5.10 Å². The fourth-order valence-electron chi connectivity index (χ4n) is 3.72. The van der Waals surface area contributed by atoms with Gasteiger partial charge < -0.3 is 10.1 Å². The van der Waals surface area contributed by atoms with E-state index in [1.54, 1.807) is 0 Å². The maximum absolute atomic E-state index is 6.12. The molecule has 4 rings (SSSR count). The number of nitrogens with zero attached hydrogens (tertiary/aromatic N) is 2. The molecule has 3 unspecified atom stereocenters. The Balaban J connectivity index is 1.78. The minimum absolute atomic E-state index is 0.181. The van der Waals surface area contributed by atoms with Gasteiger partial charge in [-0.15, -0.1) is 0 Å². The van der Waals surface area contributed by atoms with Crippen LogP contribution < -0.4 is 5.32 Å². The predicted molar refractivity (Wildman–Crippen MR) is 82.1 cm³/mol. The lowest BCUT2D eigenvalue weighted by atomic mass is 9.79. The second-order valence-corrected chi connectivity index (χ2v) is 5.89. The highest BCUT2D eigenvalue weighted by molar-refractivity contribution is 5.51. The summed E-state index contributed by atoms with van der Waals surface area (Å²) < 4.78 is 8.17. The number of ether oxygens (including phenoxy) is 1. The Hall–Kier alpha value is -1.81. The first-order valence-corrected chi connectivity index (χ1v) is 7.87. The van der Waals surface area contributed by atoms with Gasteiger partial charge in [0, 0.05) is 24.6 Å². The summed E-state index contributed by atoms with van der Waals surface area (Å²) in [6.07, 6.45) is 4.51. The molecule has 0 aliphatic carbocycles. The number of rotatable bonds is 2. The quantitative estimate of drug-likeness (QED) is 0.916. The average molecular weight is 283 g/mol. The number of fused-ring (bicyclic) bond motifs is 3. The van der Waals surface area contributed by atoms with Gasteiger partial charge in [0.1, 0.15) is 5.82 Å². The molecule has 1 aromatic carbocycles. The van der Waals surface area contributed by atoms with Crippen LogP contribution in [0.15, 0.2) is 36.5 Å². The van der Waals surface area contributed by atoms with E-state index in [-0.39, 0.29) is 6.10 Å². The fourth-order valence-corrected chi connectivity index (χ4v) is 3.72. The second-order valence-electron chi connectivity index (χ2n) is 5.89. The molecule has 2 aliphatic heterocycles. The number of hydrogen-bond acceptors (Lipinski definition) is 3. The summed E-state index contributed by atoms with van der Waals surface area (Å²) in [5, 5.41) is 8.24. The molecule has 0 spiro atoms. The van der Waals surface area contributed by atoms with Crippen LogP contribution in [-0.4, -0.2) is 16.4 Å². The van der Waals surface area contributed by atoms with E-state index in [4.69, 9.17) is 4.74 Å². The van der Waals surface area contributed by atoms with E-state index in [1.807, 2.05) is 10.9 Å². The topological polar surface area (TPSA) is 39.1 Å². The molecule has 4 heteroatoms. The average Bonchev–Trinajstić information content (AvgIpc) is 2.98. The highest BCUT2D eigenvalue weighted by Crippen LogP contribution is 2.48. The molecular weight excluding hydrogens is 262 g/mol. The largest absolute Gasteiger partial charge is 0.373 e. The third-order valence-electron chi connectivity index (χ3n) is 4.72. The van der Waals surface area contributed by atoms with Crippen molar-refractivity contribution in [3.63, 3.8) is 0 Å². The molecular formula is C17H21N3O. The first-order valence-electron chi connectivity index (χ1n) is 7.87. The number of benzene rings is 1. The van der Waals surface area contributed by atoms with Gasteiger partial charge in [0.05, 0.1) is 18.3 Å². The van der Waals surface area contributed by atoms with Crippen molar-refractivity contribution in [1.29, 1.82) is 0 Å². The number of anilines is 1. The predicted octanol–water partition coefficient (Wildman–Crippen LogP) is 3.54. The van der Waals surface area contributed by atoms with Crippen LogP contribution in [0.3, 0.4) is 0 Å². The maximum Gasteiger partial charge on any atom is 0.130 e. The molecule has 1 fully saturated rings. The Morgan fingerprint density at radius 3 is 3.00 bits per heavy atom. The van der Waals surface area contributed by atoms with Gasteiger partial charge in [-0.25, -0.2) is 4.68 Å². The first-order chi connectivity index (χ1) is 10.4. The monoisotopic (exact) mass is 283 g/mol. The molecule has 3 atom stereocenters. The van der Waals surface area contributed by atoms with E-state index >= 15 is 0 Å². The Labute approximate surface area is 125 Å². The van der Waals surface area contributed by atoms with Gasteiger partial charge in [-0.05, 0) is 25.3 Å². The molecule has 1 aromatic heterocycles. The zero-order valence-corrected chi connectivity index (χ0v) is 12.3. The van der Waals surface area contributed by atoms with Crippen LogP contribution in [0.4, 0.5) is 5.82 Å². The molecule has 0 bridgehead atoms. The smallest absolute Gasteiger partial charge is 0.130 e. The summed E-state index contributed by atoms with van der Waals surface area (Å²) in [4.78, 5) is 0. The highest BCUT2D eigenvalue weighted by Gasteiger charge is 2.41. The van der Waals surface area contributed by atoms with Crippen LogP contribution in [-0.2, 0) is 11.3 Å². The number of aryl methyl sites for hydroxylation is 1. The highest BCUT2D eigenvalue weighted by atomic mass is 16.5. The Kier molecular flexibility index (Phi) is 3.19. The van der Waals surface area contributed by atoms with Crippen molar-refractivity contribution < 1.29 is 4.74 Å². The molecule has 0 saturated carbocycles. The summed E-state index contributed by atoms with van der Waals surface area (Å²) in [7, 11) is 0. The Bertz CT molecular complexity index is 622. The summed E-state index contributed by atoms with van der Waals surface area (Å²) in [5.41, 5.74) is 2.57. The third kappa shape index (κ3) is 2.05. The molecule has 1 N–H and O–H groups in total. The molecule has 0 radical (unpaired) electrons. The first kappa shape index (κ1) is 12.9. The minimum Gasteiger partial charge on any atom is -0.373 e. The van der Waals surface area contributed by atoms with E-state index in [1.165, 1.54) is 17.5 Å². The molecule has 110 valence electrons. The van der Waals surface area contributed by atoms with E-state index in [0.717, 1.165) is 25.4 Å². The molecule has 21 heavy (non-hydrogen) atoms. The SMILES string of the molecule is CCn1ncc2c1NC(c1ccccc1)C1CCCOC21. The van der Waals surface area contributed by atoms with Gasteiger partial charge >= 0.3 is 0 Å². The number of aromatic nitrogens is 2. The second kappa shape index (κ2) is 5.19. The van der Waals surface area contributed by atoms with Gasteiger partial charge in [-0.3, -0.25) is 0 Å². The summed E-state index contributed by atoms with van der Waals surface area (Å²) in [5.74, 6) is 1.62. The van der Waals surface area contributed by atoms with Crippen molar-refractivity contribution >= 4 is 5.82 Å². The molecule has 2 aliphatic rings. The summed E-state index contributed by atoms with van der Waals surface area (Å²) in [6, 6.07) is 11.0. The van der Waals surface area contributed by atoms with E-state index in [0.29, 0.717) is 12.0 Å². The van der Waals surface area contributed by atoms with Crippen LogP contribution in [0.1, 0.15) is 43.0 Å². The van der Waals surface area contributed by atoms with Crippen molar-refractivity contribution in [3.05, 3.63) is 47.7 Å². The van der Waals surface area contributed by atoms with E-state index < -0.39 is 0 Å². The molecule has 2 aromatic rings. The van der Waals surface area contributed by atoms with Crippen LogP contribution in [0.2, 0.25) is 0 Å². The van der Waals surface area contributed by atoms with Crippen molar-refractivity contribution in [2.75, 3.05) is 11.9 Å². The third-order valence-corrected chi connectivity index (χ3v) is 4.72. The lowest BCUT2D eigenvalue weighted by Gasteiger charge is -2.42. The van der Waals surface area contributed by atoms with Gasteiger partial charge in [-0.1, -0.05) is 30.3 Å². The normalized spacial score (nSPS) is 27.6. The van der Waals surface area contributed by atoms with Crippen LogP contribution in [0.25, 0.3) is 0 Å². The number of hydrogen-bond donors (Lipinski definition) is 1. The van der Waals surface area contributed by atoms with Crippen LogP contribution in [0.5, 0.6) is 0 Å². The standard InChI is InChI=1S/C17H21N3O/c1-2-20-17-14(11-18-20)16-13(9-6-10-21-16)15(19-17)12-7-4-3-5-8-12/h3-5,7-8,11,13,15-16,19H,2,6,9-10H2,1H3. The number of nitrogens with one attached hydrogen (secondary N) is 1. The van der Waals surface area contributed by atoms with Crippen LogP contribution in [0, 0.1) is 5.92 Å². The minimum atomic E-state index is 0.181. The van der Waals surface area contributed by atoms with Gasteiger partial charge in [0.2, 0.25) is 0 Å². The Morgan fingerprint density at radius 1 is 1.33 bits per heavy atom. The molecule has 1 saturated heterocycles. The van der Waals surface area contributed by atoms with Gasteiger partial charge in [0.15, 0.2) is 0 Å². The summed E-state index contributed by atoms with van der Waals surface area (Å²) in [6.45, 7) is 3.86. The molecule has 0 amide bonds. The zero-order chi connectivity index (χ0) is 14.2. The van der Waals surface area contributed by atoms with Crippen molar-refractivity contribution in [1.82, 2.24) is 9.78 Å². The van der Waals surface area contributed by atoms with E-state index in [9.17, 15) is 0 Å². The van der Waals surface area contributed by atoms with Gasteiger partial charge in [0.25, 0.3) is 0 Å². The summed E-state index contributed by atoms with van der Waals surface area (Å²) >= 11 is 0. The zero-order valence-electron chi connectivity index (χ0n) is 12.3. The Morgan fingerprint density at radius 2 is 2.19 bits per heavy atom. The fraction of sp³-hybridized carbons (Fsp3) is 0.471.